The van der Waals surface area contributed by atoms with E-state index in [9.17, 15) is 9.59 Å². The monoisotopic (exact) mass is 493 g/mol. The molecule has 0 atom stereocenters. The van der Waals surface area contributed by atoms with Gasteiger partial charge in [-0.1, -0.05) is 35.6 Å². The minimum absolute atomic E-state index is 0.000592. The van der Waals surface area contributed by atoms with Crippen LogP contribution >= 0.6 is 11.3 Å². The van der Waals surface area contributed by atoms with E-state index in [4.69, 9.17) is 18.9 Å². The average molecular weight is 494 g/mol. The predicted molar refractivity (Wildman–Crippen MR) is 137 cm³/mol. The molecule has 9 heteroatoms. The highest BCUT2D eigenvalue weighted by atomic mass is 32.1. The summed E-state index contributed by atoms with van der Waals surface area (Å²) in [5, 5.41) is 1.23. The second-order valence-corrected chi connectivity index (χ2v) is 9.29. The molecule has 1 aliphatic heterocycles. The van der Waals surface area contributed by atoms with Gasteiger partial charge in [-0.05, 0) is 37.6 Å². The summed E-state index contributed by atoms with van der Waals surface area (Å²) in [6.45, 7) is 6.89. The number of thiazole rings is 1. The molecule has 0 radical (unpaired) electrons. The topological polar surface area (TPSA) is 85.1 Å². The van der Waals surface area contributed by atoms with Crippen LogP contribution in [-0.4, -0.2) is 61.8 Å². The summed E-state index contributed by atoms with van der Waals surface area (Å²) < 4.78 is 17.5. The van der Waals surface area contributed by atoms with E-state index >= 15 is 0 Å². The fourth-order valence-electron chi connectivity index (χ4n) is 4.22. The van der Waals surface area contributed by atoms with Gasteiger partial charge in [0.15, 0.2) is 5.13 Å². The highest BCUT2D eigenvalue weighted by Crippen LogP contribution is 2.35. The molecule has 2 aromatic carbocycles. The van der Waals surface area contributed by atoms with E-state index in [2.05, 4.69) is 4.90 Å². The Balaban J connectivity index is 1.49. The summed E-state index contributed by atoms with van der Waals surface area (Å²) >= 11 is 1.41. The highest BCUT2D eigenvalue weighted by Gasteiger charge is 2.25. The van der Waals surface area contributed by atoms with Gasteiger partial charge in [0.1, 0.15) is 22.4 Å². The summed E-state index contributed by atoms with van der Waals surface area (Å²) in [5.41, 5.74) is 0.516. The molecule has 35 heavy (non-hydrogen) atoms. The molecule has 182 valence electrons. The molecule has 0 unspecified atom stereocenters. The zero-order valence-corrected chi connectivity index (χ0v) is 20.4. The molecule has 0 saturated carbocycles. The number of hydrogen-bond acceptors (Lipinski definition) is 8. The molecule has 1 amide bonds. The van der Waals surface area contributed by atoms with E-state index in [1.807, 2.05) is 37.3 Å². The lowest BCUT2D eigenvalue weighted by atomic mass is 10.1. The zero-order valence-electron chi connectivity index (χ0n) is 19.6. The Bertz CT molecular complexity index is 1390. The normalized spacial score (nSPS) is 14.4. The van der Waals surface area contributed by atoms with Gasteiger partial charge >= 0.3 is 5.63 Å². The van der Waals surface area contributed by atoms with Crippen LogP contribution in [0.5, 0.6) is 5.75 Å². The number of carbonyl (C=O) groups is 1. The summed E-state index contributed by atoms with van der Waals surface area (Å²) in [4.78, 5) is 35.2. The number of fused-ring (bicyclic) bond motifs is 2. The largest absolute Gasteiger partial charge is 0.492 e. The fraction of sp³-hybridized carbons (Fsp3) is 0.346. The summed E-state index contributed by atoms with van der Waals surface area (Å²) in [5.74, 6) is 0.266. The lowest BCUT2D eigenvalue weighted by Crippen LogP contribution is -2.40. The molecule has 0 N–H and O–H groups in total. The summed E-state index contributed by atoms with van der Waals surface area (Å²) in [6, 6.07) is 14.5. The molecular weight excluding hydrogens is 466 g/mol. The number of aromatic nitrogens is 1. The number of anilines is 1. The van der Waals surface area contributed by atoms with Crippen LogP contribution in [0.25, 0.3) is 21.2 Å². The van der Waals surface area contributed by atoms with Gasteiger partial charge in [0, 0.05) is 31.6 Å². The van der Waals surface area contributed by atoms with Crippen LogP contribution in [0.1, 0.15) is 23.7 Å². The van der Waals surface area contributed by atoms with Gasteiger partial charge in [-0.15, -0.1) is 0 Å². The third-order valence-corrected chi connectivity index (χ3v) is 7.02. The molecule has 3 heterocycles. The van der Waals surface area contributed by atoms with Crippen molar-refractivity contribution in [1.29, 1.82) is 0 Å². The molecule has 5 rings (SSSR count). The van der Waals surface area contributed by atoms with Crippen LogP contribution in [0.3, 0.4) is 0 Å². The smallest absolute Gasteiger partial charge is 0.349 e. The van der Waals surface area contributed by atoms with Gasteiger partial charge in [-0.3, -0.25) is 14.6 Å². The molecule has 4 aromatic rings. The lowest BCUT2D eigenvalue weighted by Gasteiger charge is -2.27. The number of morpholine rings is 1. The van der Waals surface area contributed by atoms with Gasteiger partial charge in [-0.25, -0.2) is 9.78 Å². The SMILES string of the molecule is CCOc1cccc2sc(N(CCCN3CCOCC3)C(=O)c3cc4ccccc4oc3=O)nc12. The van der Waals surface area contributed by atoms with Gasteiger partial charge in [-0.2, -0.15) is 0 Å². The van der Waals surface area contributed by atoms with Gasteiger partial charge in [0.25, 0.3) is 5.91 Å². The first kappa shape index (κ1) is 23.5. The number of hydrogen-bond donors (Lipinski definition) is 0. The van der Waals surface area contributed by atoms with E-state index in [0.29, 0.717) is 40.5 Å². The first-order valence-electron chi connectivity index (χ1n) is 11.8. The molecule has 1 saturated heterocycles. The second kappa shape index (κ2) is 10.6. The second-order valence-electron chi connectivity index (χ2n) is 8.28. The maximum atomic E-state index is 13.7. The number of carbonyl (C=O) groups excluding carboxylic acids is 1. The zero-order chi connectivity index (χ0) is 24.2. The molecule has 0 spiro atoms. The van der Waals surface area contributed by atoms with Crippen molar-refractivity contribution in [3.63, 3.8) is 0 Å². The summed E-state index contributed by atoms with van der Waals surface area (Å²) in [6.07, 6.45) is 0.735. The highest BCUT2D eigenvalue weighted by molar-refractivity contribution is 7.22. The van der Waals surface area contributed by atoms with Gasteiger partial charge in [0.2, 0.25) is 0 Å². The third-order valence-electron chi connectivity index (χ3n) is 5.98. The molecule has 1 aliphatic rings. The van der Waals surface area contributed by atoms with Crippen molar-refractivity contribution in [2.45, 2.75) is 13.3 Å². The number of rotatable bonds is 8. The number of amides is 1. The Hall–Kier alpha value is -3.27. The van der Waals surface area contributed by atoms with E-state index in [1.165, 1.54) is 11.3 Å². The van der Waals surface area contributed by atoms with Gasteiger partial charge < -0.3 is 13.9 Å². The number of ether oxygens (including phenoxy) is 2. The van der Waals surface area contributed by atoms with Crippen LogP contribution in [0.4, 0.5) is 5.13 Å². The maximum absolute atomic E-state index is 13.7. The van der Waals surface area contributed by atoms with Crippen molar-refractivity contribution >= 4 is 43.6 Å². The minimum Gasteiger partial charge on any atom is -0.492 e. The van der Waals surface area contributed by atoms with Crippen LogP contribution < -0.4 is 15.3 Å². The third kappa shape index (κ3) is 5.07. The predicted octanol–water partition coefficient (Wildman–Crippen LogP) is 4.17. The average Bonchev–Trinajstić information content (AvgIpc) is 3.31. The first-order valence-corrected chi connectivity index (χ1v) is 12.6. The van der Waals surface area contributed by atoms with Gasteiger partial charge in [0.05, 0.1) is 24.5 Å². The van der Waals surface area contributed by atoms with E-state index in [-0.39, 0.29) is 5.56 Å². The van der Waals surface area contributed by atoms with E-state index in [0.717, 1.165) is 44.0 Å². The van der Waals surface area contributed by atoms with E-state index < -0.39 is 11.5 Å². The van der Waals surface area contributed by atoms with E-state index in [1.54, 1.807) is 23.1 Å². The van der Waals surface area contributed by atoms with Crippen molar-refractivity contribution in [2.75, 3.05) is 50.9 Å². The maximum Gasteiger partial charge on any atom is 0.349 e. The lowest BCUT2D eigenvalue weighted by molar-refractivity contribution is 0.0376. The molecule has 0 aliphatic carbocycles. The molecule has 2 aromatic heterocycles. The molecule has 0 bridgehead atoms. The Labute approximate surface area is 206 Å². The molecule has 1 fully saturated rings. The van der Waals surface area contributed by atoms with Crippen molar-refractivity contribution in [1.82, 2.24) is 9.88 Å². The van der Waals surface area contributed by atoms with Crippen molar-refractivity contribution in [2.24, 2.45) is 0 Å². The summed E-state index contributed by atoms with van der Waals surface area (Å²) in [7, 11) is 0. The number of benzene rings is 2. The number of nitrogens with zero attached hydrogens (tertiary/aromatic N) is 3. The number of para-hydroxylation sites is 2. The minimum atomic E-state index is -0.650. The molecule has 8 nitrogen and oxygen atoms in total. The van der Waals surface area contributed by atoms with Crippen molar-refractivity contribution in [3.8, 4) is 5.75 Å². The Kier molecular flexibility index (Phi) is 7.08. The van der Waals surface area contributed by atoms with Crippen molar-refractivity contribution in [3.05, 3.63) is 64.5 Å². The van der Waals surface area contributed by atoms with Crippen LogP contribution in [0.15, 0.2) is 57.7 Å². The van der Waals surface area contributed by atoms with Crippen LogP contribution in [0.2, 0.25) is 0 Å². The van der Waals surface area contributed by atoms with Crippen LogP contribution in [0, 0.1) is 0 Å². The Morgan fingerprint density at radius 2 is 2.00 bits per heavy atom. The molecular formula is C26H27N3O5S. The fourth-order valence-corrected chi connectivity index (χ4v) is 5.22. The quantitative estimate of drug-likeness (QED) is 0.341. The standard InChI is InChI=1S/C26H27N3O5S/c1-2-33-21-9-5-10-22-23(21)27-26(35-22)29(12-6-11-28-13-15-32-16-14-28)24(30)19-17-18-7-3-4-8-20(18)34-25(19)31/h3-5,7-10,17H,2,6,11-16H2,1H3. The van der Waals surface area contributed by atoms with Crippen LogP contribution in [-0.2, 0) is 4.74 Å². The van der Waals surface area contributed by atoms with Crippen molar-refractivity contribution < 1.29 is 18.7 Å². The first-order chi connectivity index (χ1) is 17.1. The Morgan fingerprint density at radius 1 is 1.17 bits per heavy atom. The Morgan fingerprint density at radius 3 is 2.83 bits per heavy atom.